The molecule has 0 amide bonds. The monoisotopic (exact) mass is 218 g/mol. The van der Waals surface area contributed by atoms with Crippen LogP contribution in [0.2, 0.25) is 0 Å². The minimum absolute atomic E-state index is 0.0282. The van der Waals surface area contributed by atoms with Gasteiger partial charge in [0.15, 0.2) is 11.6 Å². The van der Waals surface area contributed by atoms with Crippen LogP contribution in [0.15, 0.2) is 24.3 Å². The molecule has 0 aliphatic rings. The van der Waals surface area contributed by atoms with Crippen molar-refractivity contribution in [3.05, 3.63) is 35.4 Å². The SMILES string of the molecule is CCC(CC)C(=O)c1ccccc1C(C)=O. The van der Waals surface area contributed by atoms with Crippen LogP contribution in [0.1, 0.15) is 54.3 Å². The van der Waals surface area contributed by atoms with Gasteiger partial charge in [-0.1, -0.05) is 38.1 Å². The lowest BCUT2D eigenvalue weighted by molar-refractivity contribution is 0.0903. The van der Waals surface area contributed by atoms with Crippen molar-refractivity contribution < 1.29 is 9.59 Å². The van der Waals surface area contributed by atoms with E-state index in [-0.39, 0.29) is 17.5 Å². The summed E-state index contributed by atoms with van der Waals surface area (Å²) in [6.45, 7) is 5.50. The van der Waals surface area contributed by atoms with Crippen molar-refractivity contribution in [2.45, 2.75) is 33.6 Å². The predicted molar refractivity (Wildman–Crippen MR) is 64.8 cm³/mol. The van der Waals surface area contributed by atoms with E-state index < -0.39 is 0 Å². The molecule has 0 spiro atoms. The molecule has 0 fully saturated rings. The second-order valence-corrected chi connectivity index (χ2v) is 3.98. The largest absolute Gasteiger partial charge is 0.294 e. The summed E-state index contributed by atoms with van der Waals surface area (Å²) in [5.74, 6) is 0.0752. The molecule has 16 heavy (non-hydrogen) atoms. The molecule has 0 atom stereocenters. The normalized spacial score (nSPS) is 10.5. The van der Waals surface area contributed by atoms with Crippen LogP contribution in [-0.4, -0.2) is 11.6 Å². The molecule has 0 aliphatic heterocycles. The molecule has 0 unspecified atom stereocenters. The van der Waals surface area contributed by atoms with Crippen LogP contribution in [0, 0.1) is 5.92 Å². The average molecular weight is 218 g/mol. The van der Waals surface area contributed by atoms with Crippen LogP contribution < -0.4 is 0 Å². The fourth-order valence-electron chi connectivity index (χ4n) is 1.88. The molecular formula is C14H18O2. The van der Waals surface area contributed by atoms with Gasteiger partial charge in [-0.15, -0.1) is 0 Å². The molecular weight excluding hydrogens is 200 g/mol. The van der Waals surface area contributed by atoms with Crippen molar-refractivity contribution in [1.82, 2.24) is 0 Å². The van der Waals surface area contributed by atoms with Crippen LogP contribution in [-0.2, 0) is 0 Å². The third kappa shape index (κ3) is 2.57. The Morgan fingerprint density at radius 2 is 1.56 bits per heavy atom. The fourth-order valence-corrected chi connectivity index (χ4v) is 1.88. The molecule has 0 saturated heterocycles. The summed E-state index contributed by atoms with van der Waals surface area (Å²) in [7, 11) is 0. The van der Waals surface area contributed by atoms with E-state index in [4.69, 9.17) is 0 Å². The van der Waals surface area contributed by atoms with E-state index in [1.807, 2.05) is 19.9 Å². The maximum Gasteiger partial charge on any atom is 0.166 e. The smallest absolute Gasteiger partial charge is 0.166 e. The minimum Gasteiger partial charge on any atom is -0.294 e. The summed E-state index contributed by atoms with van der Waals surface area (Å²) < 4.78 is 0. The van der Waals surface area contributed by atoms with E-state index in [9.17, 15) is 9.59 Å². The molecule has 0 saturated carbocycles. The van der Waals surface area contributed by atoms with Gasteiger partial charge in [-0.25, -0.2) is 0 Å². The van der Waals surface area contributed by atoms with Crippen molar-refractivity contribution in [1.29, 1.82) is 0 Å². The second-order valence-electron chi connectivity index (χ2n) is 3.98. The molecule has 0 radical (unpaired) electrons. The van der Waals surface area contributed by atoms with Crippen LogP contribution in [0.5, 0.6) is 0 Å². The molecule has 0 aromatic heterocycles. The van der Waals surface area contributed by atoms with Gasteiger partial charge in [0.1, 0.15) is 0 Å². The average Bonchev–Trinajstić information content (AvgIpc) is 2.30. The molecule has 2 heteroatoms. The standard InChI is InChI=1S/C14H18O2/c1-4-11(5-2)14(16)13-9-7-6-8-12(13)10(3)15/h6-9,11H,4-5H2,1-3H3. The highest BCUT2D eigenvalue weighted by Gasteiger charge is 2.20. The van der Waals surface area contributed by atoms with Gasteiger partial charge in [0, 0.05) is 17.0 Å². The van der Waals surface area contributed by atoms with E-state index in [0.29, 0.717) is 11.1 Å². The van der Waals surface area contributed by atoms with Gasteiger partial charge in [0.2, 0.25) is 0 Å². The summed E-state index contributed by atoms with van der Waals surface area (Å²) in [6.07, 6.45) is 1.64. The van der Waals surface area contributed by atoms with E-state index in [0.717, 1.165) is 12.8 Å². The van der Waals surface area contributed by atoms with Crippen LogP contribution in [0.4, 0.5) is 0 Å². The van der Waals surface area contributed by atoms with Crippen molar-refractivity contribution in [2.75, 3.05) is 0 Å². The first-order valence-corrected chi connectivity index (χ1v) is 5.75. The number of hydrogen-bond acceptors (Lipinski definition) is 2. The summed E-state index contributed by atoms with van der Waals surface area (Å²) in [6, 6.07) is 7.07. The van der Waals surface area contributed by atoms with Crippen LogP contribution in [0.25, 0.3) is 0 Å². The lowest BCUT2D eigenvalue weighted by atomic mass is 9.89. The highest BCUT2D eigenvalue weighted by molar-refractivity contribution is 6.08. The van der Waals surface area contributed by atoms with Crippen LogP contribution >= 0.6 is 0 Å². The number of benzene rings is 1. The van der Waals surface area contributed by atoms with Crippen LogP contribution in [0.3, 0.4) is 0 Å². The van der Waals surface area contributed by atoms with Crippen molar-refractivity contribution in [2.24, 2.45) is 5.92 Å². The summed E-state index contributed by atoms with van der Waals surface area (Å²) in [5, 5.41) is 0. The van der Waals surface area contributed by atoms with Gasteiger partial charge >= 0.3 is 0 Å². The Labute approximate surface area is 96.7 Å². The molecule has 1 aromatic carbocycles. The molecule has 2 nitrogen and oxygen atoms in total. The van der Waals surface area contributed by atoms with Gasteiger partial charge in [-0.2, -0.15) is 0 Å². The number of Topliss-reactive ketones (excluding diaryl/α,β-unsaturated/α-hetero) is 2. The first kappa shape index (κ1) is 12.6. The number of carbonyl (C=O) groups excluding carboxylic acids is 2. The Hall–Kier alpha value is -1.44. The second kappa shape index (κ2) is 5.59. The predicted octanol–water partition coefficient (Wildman–Crippen LogP) is 3.51. The van der Waals surface area contributed by atoms with Crippen molar-refractivity contribution >= 4 is 11.6 Å². The van der Waals surface area contributed by atoms with Gasteiger partial charge in [0.05, 0.1) is 0 Å². The summed E-state index contributed by atoms with van der Waals surface area (Å²) in [4.78, 5) is 23.6. The van der Waals surface area contributed by atoms with Gasteiger partial charge in [-0.05, 0) is 19.8 Å². The third-order valence-electron chi connectivity index (χ3n) is 2.93. The highest BCUT2D eigenvalue weighted by atomic mass is 16.1. The minimum atomic E-state index is -0.0464. The Balaban J connectivity index is 3.12. The zero-order chi connectivity index (χ0) is 12.1. The fraction of sp³-hybridized carbons (Fsp3) is 0.429. The molecule has 0 aliphatic carbocycles. The summed E-state index contributed by atoms with van der Waals surface area (Å²) >= 11 is 0. The van der Waals surface area contributed by atoms with E-state index in [1.165, 1.54) is 6.92 Å². The maximum atomic E-state index is 12.2. The molecule has 1 rings (SSSR count). The van der Waals surface area contributed by atoms with Crippen molar-refractivity contribution in [3.63, 3.8) is 0 Å². The quantitative estimate of drug-likeness (QED) is 0.709. The molecule has 0 N–H and O–H groups in total. The zero-order valence-corrected chi connectivity index (χ0v) is 10.1. The Bertz CT molecular complexity index is 389. The highest BCUT2D eigenvalue weighted by Crippen LogP contribution is 2.19. The van der Waals surface area contributed by atoms with Gasteiger partial charge in [-0.3, -0.25) is 9.59 Å². The number of carbonyl (C=O) groups is 2. The zero-order valence-electron chi connectivity index (χ0n) is 10.1. The molecule has 1 aromatic rings. The summed E-state index contributed by atoms with van der Waals surface area (Å²) in [5.41, 5.74) is 1.11. The van der Waals surface area contributed by atoms with Crippen molar-refractivity contribution in [3.8, 4) is 0 Å². The number of rotatable bonds is 5. The first-order valence-electron chi connectivity index (χ1n) is 5.75. The number of hydrogen-bond donors (Lipinski definition) is 0. The molecule has 0 heterocycles. The Kier molecular flexibility index (Phi) is 4.41. The van der Waals surface area contributed by atoms with Gasteiger partial charge < -0.3 is 0 Å². The lowest BCUT2D eigenvalue weighted by Gasteiger charge is -2.13. The lowest BCUT2D eigenvalue weighted by Crippen LogP contribution is -2.16. The van der Waals surface area contributed by atoms with E-state index in [1.54, 1.807) is 18.2 Å². The topological polar surface area (TPSA) is 34.1 Å². The van der Waals surface area contributed by atoms with Gasteiger partial charge in [0.25, 0.3) is 0 Å². The maximum absolute atomic E-state index is 12.2. The van der Waals surface area contributed by atoms with E-state index in [2.05, 4.69) is 0 Å². The molecule has 86 valence electrons. The molecule has 0 bridgehead atoms. The van der Waals surface area contributed by atoms with E-state index >= 15 is 0 Å². The number of ketones is 2. The first-order chi connectivity index (χ1) is 7.61. The Morgan fingerprint density at radius 1 is 1.06 bits per heavy atom. The Morgan fingerprint density at radius 3 is 2.00 bits per heavy atom. The third-order valence-corrected chi connectivity index (χ3v) is 2.93.